The van der Waals surface area contributed by atoms with Crippen LogP contribution in [0.4, 0.5) is 5.69 Å². The van der Waals surface area contributed by atoms with E-state index in [-0.39, 0.29) is 0 Å². The first kappa shape index (κ1) is 15.3. The Labute approximate surface area is 139 Å². The topological polar surface area (TPSA) is 49.5 Å². The summed E-state index contributed by atoms with van der Waals surface area (Å²) >= 11 is 8.68. The first-order chi connectivity index (χ1) is 9.99. The van der Waals surface area contributed by atoms with Gasteiger partial charge in [0.2, 0.25) is 0 Å². The predicted molar refractivity (Wildman–Crippen MR) is 93.8 cm³/mol. The second-order valence-electron chi connectivity index (χ2n) is 6.27. The average molecular weight is 369 g/mol. The van der Waals surface area contributed by atoms with Crippen molar-refractivity contribution in [1.29, 1.82) is 0 Å². The Bertz CT molecular complexity index is 565. The Morgan fingerprint density at radius 2 is 2.19 bits per heavy atom. The molecular weight excluding hydrogens is 348 g/mol. The Balaban J connectivity index is 1.87. The van der Waals surface area contributed by atoms with Crippen LogP contribution in [0.25, 0.3) is 0 Å². The van der Waals surface area contributed by atoms with Crippen LogP contribution in [-0.4, -0.2) is 28.8 Å². The molecule has 1 saturated carbocycles. The third kappa shape index (κ3) is 2.96. The summed E-state index contributed by atoms with van der Waals surface area (Å²) in [6.07, 6.45) is 5.29. The summed E-state index contributed by atoms with van der Waals surface area (Å²) in [5.74, 6) is 0.364. The number of aliphatic hydroxyl groups is 1. The lowest BCUT2D eigenvalue weighted by Gasteiger charge is -2.48. The molecule has 114 valence electrons. The molecule has 1 aromatic carbocycles. The van der Waals surface area contributed by atoms with Crippen molar-refractivity contribution in [3.63, 3.8) is 0 Å². The zero-order chi connectivity index (χ0) is 15.0. The second-order valence-corrected chi connectivity index (χ2v) is 7.62. The molecule has 1 heterocycles. The van der Waals surface area contributed by atoms with Crippen molar-refractivity contribution >= 4 is 38.8 Å². The number of hydrogen-bond donors (Lipinski definition) is 2. The maximum absolute atomic E-state index is 10.8. The van der Waals surface area contributed by atoms with Gasteiger partial charge < -0.3 is 15.7 Å². The molecule has 21 heavy (non-hydrogen) atoms. The van der Waals surface area contributed by atoms with Gasteiger partial charge in [-0.15, -0.1) is 0 Å². The lowest BCUT2D eigenvalue weighted by atomic mass is 9.71. The molecule has 2 atom stereocenters. The Kier molecular flexibility index (Phi) is 4.26. The minimum atomic E-state index is -0.451. The quantitative estimate of drug-likeness (QED) is 0.786. The fourth-order valence-electron chi connectivity index (χ4n) is 3.77. The molecule has 3 N–H and O–H groups in total. The lowest BCUT2D eigenvalue weighted by Crippen LogP contribution is -2.53. The monoisotopic (exact) mass is 368 g/mol. The van der Waals surface area contributed by atoms with E-state index in [4.69, 9.17) is 18.0 Å². The van der Waals surface area contributed by atoms with Gasteiger partial charge in [0.1, 0.15) is 4.99 Å². The van der Waals surface area contributed by atoms with E-state index in [2.05, 4.69) is 26.9 Å². The Morgan fingerprint density at radius 1 is 1.38 bits per heavy atom. The van der Waals surface area contributed by atoms with Crippen molar-refractivity contribution in [1.82, 2.24) is 0 Å². The van der Waals surface area contributed by atoms with Crippen LogP contribution in [0.3, 0.4) is 0 Å². The molecule has 2 aliphatic rings. The standard InChI is InChI=1S/C16H21BrN2OS/c17-12-4-5-14(13(9-12)15(18)21)19-8-7-16(20)6-2-1-3-11(16)10-19/h4-5,9,11,20H,1-3,6-8,10H2,(H2,18,21). The van der Waals surface area contributed by atoms with Gasteiger partial charge in [-0.1, -0.05) is 41.0 Å². The summed E-state index contributed by atoms with van der Waals surface area (Å²) in [6, 6.07) is 6.09. The van der Waals surface area contributed by atoms with Crippen molar-refractivity contribution in [2.75, 3.05) is 18.0 Å². The van der Waals surface area contributed by atoms with Crippen LogP contribution in [0.5, 0.6) is 0 Å². The van der Waals surface area contributed by atoms with Gasteiger partial charge in [0.05, 0.1) is 5.60 Å². The highest BCUT2D eigenvalue weighted by Crippen LogP contribution is 2.41. The number of hydrogen-bond acceptors (Lipinski definition) is 3. The average Bonchev–Trinajstić information content (AvgIpc) is 2.46. The molecule has 0 aromatic heterocycles. The van der Waals surface area contributed by atoms with Gasteiger partial charge in [0, 0.05) is 34.7 Å². The van der Waals surface area contributed by atoms with Crippen LogP contribution in [0, 0.1) is 5.92 Å². The number of rotatable bonds is 2. The van der Waals surface area contributed by atoms with E-state index < -0.39 is 5.60 Å². The highest BCUT2D eigenvalue weighted by atomic mass is 79.9. The summed E-state index contributed by atoms with van der Waals surface area (Å²) in [5.41, 5.74) is 7.44. The van der Waals surface area contributed by atoms with E-state index in [0.29, 0.717) is 10.9 Å². The zero-order valence-electron chi connectivity index (χ0n) is 12.0. The van der Waals surface area contributed by atoms with Gasteiger partial charge in [-0.3, -0.25) is 0 Å². The molecule has 1 aliphatic heterocycles. The summed E-state index contributed by atoms with van der Waals surface area (Å²) in [4.78, 5) is 2.77. The van der Waals surface area contributed by atoms with E-state index in [1.165, 1.54) is 6.42 Å². The highest BCUT2D eigenvalue weighted by molar-refractivity contribution is 9.10. The van der Waals surface area contributed by atoms with Crippen LogP contribution in [0.15, 0.2) is 22.7 Å². The molecule has 3 nitrogen and oxygen atoms in total. The van der Waals surface area contributed by atoms with Crippen LogP contribution in [0.1, 0.15) is 37.7 Å². The molecule has 2 fully saturated rings. The van der Waals surface area contributed by atoms with E-state index in [9.17, 15) is 5.11 Å². The van der Waals surface area contributed by atoms with Crippen molar-refractivity contribution in [2.45, 2.75) is 37.7 Å². The number of nitrogens with zero attached hydrogens (tertiary/aromatic N) is 1. The zero-order valence-corrected chi connectivity index (χ0v) is 14.4. The SMILES string of the molecule is NC(=S)c1cc(Br)ccc1N1CCC2(O)CCCCC2C1. The molecule has 0 radical (unpaired) electrons. The van der Waals surface area contributed by atoms with E-state index in [1.807, 2.05) is 12.1 Å². The van der Waals surface area contributed by atoms with Gasteiger partial charge >= 0.3 is 0 Å². The normalized spacial score (nSPS) is 29.0. The van der Waals surface area contributed by atoms with Gasteiger partial charge in [0.25, 0.3) is 0 Å². The first-order valence-corrected chi connectivity index (χ1v) is 8.76. The molecule has 3 rings (SSSR count). The Hall–Kier alpha value is -0.650. The first-order valence-electron chi connectivity index (χ1n) is 7.56. The van der Waals surface area contributed by atoms with E-state index >= 15 is 0 Å². The number of anilines is 1. The summed E-state index contributed by atoms with van der Waals surface area (Å²) in [7, 11) is 0. The molecule has 2 unspecified atom stereocenters. The number of benzene rings is 1. The van der Waals surface area contributed by atoms with Crippen LogP contribution in [-0.2, 0) is 0 Å². The number of nitrogens with two attached hydrogens (primary N) is 1. The lowest BCUT2D eigenvalue weighted by molar-refractivity contribution is -0.0612. The number of fused-ring (bicyclic) bond motifs is 1. The maximum Gasteiger partial charge on any atom is 0.106 e. The van der Waals surface area contributed by atoms with Crippen molar-refractivity contribution in [3.8, 4) is 0 Å². The molecule has 0 spiro atoms. The van der Waals surface area contributed by atoms with Crippen LogP contribution >= 0.6 is 28.1 Å². The third-order valence-electron chi connectivity index (χ3n) is 4.99. The third-order valence-corrected chi connectivity index (χ3v) is 5.71. The van der Waals surface area contributed by atoms with Crippen molar-refractivity contribution < 1.29 is 5.11 Å². The van der Waals surface area contributed by atoms with Gasteiger partial charge in [-0.2, -0.15) is 0 Å². The van der Waals surface area contributed by atoms with Crippen molar-refractivity contribution in [3.05, 3.63) is 28.2 Å². The molecule has 1 aromatic rings. The second kappa shape index (κ2) is 5.86. The Morgan fingerprint density at radius 3 is 2.95 bits per heavy atom. The minimum Gasteiger partial charge on any atom is -0.389 e. The van der Waals surface area contributed by atoms with Crippen LogP contribution < -0.4 is 10.6 Å². The largest absolute Gasteiger partial charge is 0.389 e. The van der Waals surface area contributed by atoms with Crippen LogP contribution in [0.2, 0.25) is 0 Å². The number of piperidine rings is 1. The molecule has 5 heteroatoms. The van der Waals surface area contributed by atoms with Gasteiger partial charge in [-0.25, -0.2) is 0 Å². The number of thiocarbonyl (C=S) groups is 1. The fraction of sp³-hybridized carbons (Fsp3) is 0.562. The summed E-state index contributed by atoms with van der Waals surface area (Å²) in [5, 5.41) is 10.8. The molecule has 0 bridgehead atoms. The van der Waals surface area contributed by atoms with Gasteiger partial charge in [-0.05, 0) is 37.5 Å². The number of halogens is 1. The molecular formula is C16H21BrN2OS. The van der Waals surface area contributed by atoms with Gasteiger partial charge in [0.15, 0.2) is 0 Å². The maximum atomic E-state index is 10.8. The highest BCUT2D eigenvalue weighted by Gasteiger charge is 2.43. The smallest absolute Gasteiger partial charge is 0.106 e. The van der Waals surface area contributed by atoms with E-state index in [0.717, 1.165) is 54.5 Å². The summed E-state index contributed by atoms with van der Waals surface area (Å²) in [6.45, 7) is 1.76. The predicted octanol–water partition coefficient (Wildman–Crippen LogP) is 3.21. The molecule has 1 saturated heterocycles. The van der Waals surface area contributed by atoms with E-state index in [1.54, 1.807) is 0 Å². The molecule has 0 amide bonds. The minimum absolute atomic E-state index is 0.364. The van der Waals surface area contributed by atoms with Crippen molar-refractivity contribution in [2.24, 2.45) is 11.7 Å². The summed E-state index contributed by atoms with van der Waals surface area (Å²) < 4.78 is 0.986. The molecule has 1 aliphatic carbocycles. The fourth-order valence-corrected chi connectivity index (χ4v) is 4.30.